The van der Waals surface area contributed by atoms with Gasteiger partial charge in [0.1, 0.15) is 42.0 Å². The van der Waals surface area contributed by atoms with Crippen LogP contribution in [0.15, 0.2) is 47.1 Å². The number of hydrogen-bond donors (Lipinski definition) is 3. The van der Waals surface area contributed by atoms with Crippen LogP contribution in [0.3, 0.4) is 0 Å². The number of ether oxygens (including phenoxy) is 10. The Kier molecular flexibility index (Phi) is 14.5. The fraction of sp³-hybridized carbons (Fsp3) is 0.804. The van der Waals surface area contributed by atoms with Crippen LogP contribution in [-0.4, -0.2) is 139 Å². The van der Waals surface area contributed by atoms with E-state index >= 15 is 0 Å². The molecule has 5 fully saturated rings. The van der Waals surface area contributed by atoms with Gasteiger partial charge in [0, 0.05) is 52.2 Å². The van der Waals surface area contributed by atoms with Gasteiger partial charge in [-0.3, -0.25) is 4.79 Å². The summed E-state index contributed by atoms with van der Waals surface area (Å²) in [5.41, 5.74) is 0.212. The molecule has 1 aliphatic carbocycles. The zero-order chi connectivity index (χ0) is 43.1. The molecule has 0 saturated carbocycles. The molecule has 0 unspecified atom stereocenters. The molecule has 0 aromatic rings. The fourth-order valence-electron chi connectivity index (χ4n) is 10.4. The molecule has 19 atom stereocenters. The Morgan fingerprint density at radius 1 is 0.883 bits per heavy atom. The number of aliphatic hydroxyl groups is 3. The lowest BCUT2D eigenvalue weighted by Gasteiger charge is -2.49. The minimum atomic E-state index is -1.82. The van der Waals surface area contributed by atoms with E-state index in [1.807, 2.05) is 13.0 Å². The van der Waals surface area contributed by atoms with E-state index in [2.05, 4.69) is 39.8 Å². The first-order chi connectivity index (χ1) is 28.6. The Balaban J connectivity index is 1.18. The van der Waals surface area contributed by atoms with Gasteiger partial charge in [-0.1, -0.05) is 44.2 Å². The summed E-state index contributed by atoms with van der Waals surface area (Å²) < 4.78 is 63.5. The Morgan fingerprint density at radius 3 is 2.32 bits per heavy atom. The highest BCUT2D eigenvalue weighted by Crippen LogP contribution is 2.47. The minimum absolute atomic E-state index is 0.0400. The average Bonchev–Trinajstić information content (AvgIpc) is 3.55. The molecule has 338 valence electrons. The van der Waals surface area contributed by atoms with Crippen molar-refractivity contribution in [1.82, 2.24) is 0 Å². The smallest absolute Gasteiger partial charge is 0.316 e. The van der Waals surface area contributed by atoms with Crippen LogP contribution in [0.25, 0.3) is 0 Å². The Morgan fingerprint density at radius 2 is 1.60 bits per heavy atom. The van der Waals surface area contributed by atoms with Gasteiger partial charge >= 0.3 is 5.97 Å². The van der Waals surface area contributed by atoms with E-state index in [0.717, 1.165) is 18.4 Å². The summed E-state index contributed by atoms with van der Waals surface area (Å²) in [4.78, 5) is 14.3. The number of hydrogen-bond acceptors (Lipinski definition) is 14. The highest BCUT2D eigenvalue weighted by Gasteiger charge is 2.60. The van der Waals surface area contributed by atoms with Crippen molar-refractivity contribution >= 4 is 5.97 Å². The van der Waals surface area contributed by atoms with E-state index in [0.29, 0.717) is 55.6 Å². The fourth-order valence-corrected chi connectivity index (χ4v) is 10.4. The summed E-state index contributed by atoms with van der Waals surface area (Å²) in [6.45, 7) is 13.9. The van der Waals surface area contributed by atoms with Crippen molar-refractivity contribution in [2.24, 2.45) is 17.8 Å². The van der Waals surface area contributed by atoms with E-state index in [1.54, 1.807) is 40.2 Å². The molecule has 14 nitrogen and oxygen atoms in total. The van der Waals surface area contributed by atoms with Crippen molar-refractivity contribution in [3.63, 3.8) is 0 Å². The molecule has 5 saturated heterocycles. The lowest BCUT2D eigenvalue weighted by Crippen LogP contribution is -2.58. The number of carbonyl (C=O) groups excluding carboxylic acids is 1. The van der Waals surface area contributed by atoms with Crippen LogP contribution in [0.2, 0.25) is 0 Å². The van der Waals surface area contributed by atoms with Gasteiger partial charge in [-0.05, 0) is 76.5 Å². The van der Waals surface area contributed by atoms with Crippen LogP contribution in [0.5, 0.6) is 0 Å². The monoisotopic (exact) mass is 846 g/mol. The Bertz CT molecular complexity index is 1630. The first-order valence-electron chi connectivity index (χ1n) is 22.3. The maximum atomic E-state index is 14.3. The molecule has 0 aromatic carbocycles. The standard InChI is InChI=1S/C46H70O14/c1-10-30-12-11-13-31-23-53-43-39(47)26(4)18-34(46(31,43)50)44(49)56-33-19-32(60-45(22-33)17-16-24(2)27(5)59-45)15-14-25(3)41(30)57-38-21-36(52-9)42(29(7)55-38)58-37-20-35(51-8)40(48)28(6)54-37/h11-14,18,24,27-30,32-43,47-48,50H,10,15-17,19-23H2,1-9H3/b12-11-,25-14-,31-13-/t24-,27+,28-,29-,30-,32+,33-,34-,35-,36-,37-,38-,39-,40-,41+,42-,43+,45-,46+/m0/s1. The van der Waals surface area contributed by atoms with Gasteiger partial charge in [0.05, 0.1) is 49.3 Å². The third kappa shape index (κ3) is 9.28. The Labute approximate surface area is 355 Å². The zero-order valence-electron chi connectivity index (χ0n) is 36.9. The zero-order valence-corrected chi connectivity index (χ0v) is 36.9. The average molecular weight is 847 g/mol. The number of aliphatic hydroxyl groups excluding tert-OH is 2. The number of fused-ring (bicyclic) bond motifs is 2. The summed E-state index contributed by atoms with van der Waals surface area (Å²) in [7, 11) is 3.23. The number of allylic oxidation sites excluding steroid dienone is 2. The highest BCUT2D eigenvalue weighted by atomic mass is 16.7. The Hall–Kier alpha value is -2.05. The van der Waals surface area contributed by atoms with Crippen LogP contribution < -0.4 is 0 Å². The highest BCUT2D eigenvalue weighted by molar-refractivity contribution is 5.78. The van der Waals surface area contributed by atoms with E-state index in [9.17, 15) is 20.1 Å². The molecule has 6 aliphatic heterocycles. The van der Waals surface area contributed by atoms with Crippen LogP contribution in [0.4, 0.5) is 0 Å². The van der Waals surface area contributed by atoms with Gasteiger partial charge in [-0.2, -0.15) is 0 Å². The molecule has 1 spiro atoms. The van der Waals surface area contributed by atoms with Gasteiger partial charge in [0.15, 0.2) is 18.4 Å². The topological polar surface area (TPSA) is 170 Å². The van der Waals surface area contributed by atoms with E-state index in [-0.39, 0.29) is 30.8 Å². The van der Waals surface area contributed by atoms with E-state index < -0.39 is 90.8 Å². The molecule has 14 heteroatoms. The van der Waals surface area contributed by atoms with Crippen LogP contribution >= 0.6 is 0 Å². The molecular weight excluding hydrogens is 776 g/mol. The summed E-state index contributed by atoms with van der Waals surface area (Å²) in [6, 6.07) is 0. The molecule has 0 amide bonds. The second-order valence-electron chi connectivity index (χ2n) is 18.4. The molecule has 0 aromatic heterocycles. The lowest BCUT2D eigenvalue weighted by atomic mass is 9.71. The normalized spacial score (nSPS) is 50.1. The maximum Gasteiger partial charge on any atom is 0.316 e. The number of rotatable bonds is 7. The van der Waals surface area contributed by atoms with E-state index in [1.165, 1.54) is 0 Å². The minimum Gasteiger partial charge on any atom is -0.462 e. The van der Waals surface area contributed by atoms with Crippen LogP contribution in [0, 0.1) is 17.8 Å². The molecular formula is C46H70O14. The van der Waals surface area contributed by atoms with Gasteiger partial charge in [-0.15, -0.1) is 0 Å². The van der Waals surface area contributed by atoms with Crippen molar-refractivity contribution in [1.29, 1.82) is 0 Å². The second kappa shape index (κ2) is 19.0. The van der Waals surface area contributed by atoms with Crippen molar-refractivity contribution < 1.29 is 67.5 Å². The van der Waals surface area contributed by atoms with Crippen molar-refractivity contribution in [2.75, 3.05) is 20.8 Å². The van der Waals surface area contributed by atoms with Crippen LogP contribution in [-0.2, 0) is 52.2 Å². The van der Waals surface area contributed by atoms with E-state index in [4.69, 9.17) is 47.4 Å². The second-order valence-corrected chi connectivity index (χ2v) is 18.4. The predicted octanol–water partition coefficient (Wildman–Crippen LogP) is 4.97. The number of esters is 1. The predicted molar refractivity (Wildman–Crippen MR) is 218 cm³/mol. The first kappa shape index (κ1) is 46.0. The largest absolute Gasteiger partial charge is 0.462 e. The van der Waals surface area contributed by atoms with Crippen molar-refractivity contribution in [3.05, 3.63) is 47.1 Å². The van der Waals surface area contributed by atoms with Gasteiger partial charge in [0.25, 0.3) is 0 Å². The van der Waals surface area contributed by atoms with Gasteiger partial charge in [0.2, 0.25) is 0 Å². The lowest BCUT2D eigenvalue weighted by molar-refractivity contribution is -0.332. The third-order valence-electron chi connectivity index (χ3n) is 14.3. The van der Waals surface area contributed by atoms with Crippen LogP contribution in [0.1, 0.15) is 99.8 Å². The van der Waals surface area contributed by atoms with Crippen molar-refractivity contribution in [2.45, 2.75) is 197 Å². The summed E-state index contributed by atoms with van der Waals surface area (Å²) >= 11 is 0. The molecule has 2 bridgehead atoms. The summed E-state index contributed by atoms with van der Waals surface area (Å²) in [5, 5.41) is 34.2. The molecule has 60 heavy (non-hydrogen) atoms. The van der Waals surface area contributed by atoms with Crippen molar-refractivity contribution in [3.8, 4) is 0 Å². The SMILES string of the molecule is CC[C@H]1/C=C\C=C2\CO[C@@H]3[C@@H](O)C(C)=C[C@@H](C(=O)O[C@H]4C[C@@H](C/C=C(/C)[C@H]1O[C@H]1C[C@H](OC)[C@@H](O[C@H]5C[C@H](OC)[C@@H](O)[C@H](C)O5)[C@H](C)O1)O[C@@]1(CC[C@H](C)[C@@H](C)O1)C4)[C@]23O. The third-order valence-corrected chi connectivity index (χ3v) is 14.3. The summed E-state index contributed by atoms with van der Waals surface area (Å²) in [5.74, 6) is -2.34. The molecule has 7 rings (SSSR count). The van der Waals surface area contributed by atoms with Gasteiger partial charge in [-0.25, -0.2) is 0 Å². The summed E-state index contributed by atoms with van der Waals surface area (Å²) in [6.07, 6.45) is 6.40. The number of carbonyl (C=O) groups is 1. The molecule has 0 radical (unpaired) electrons. The molecule has 6 heterocycles. The maximum absolute atomic E-state index is 14.3. The molecule has 3 N–H and O–H groups in total. The molecule has 7 aliphatic rings. The first-order valence-corrected chi connectivity index (χ1v) is 22.3. The number of methoxy groups -OCH3 is 2. The van der Waals surface area contributed by atoms with Gasteiger partial charge < -0.3 is 62.7 Å². The quantitative estimate of drug-likeness (QED) is 0.232.